The number of aryl methyl sites for hydroxylation is 3. The number of methoxy groups -OCH3 is 2. The first-order valence-corrected chi connectivity index (χ1v) is 9.86. The van der Waals surface area contributed by atoms with Crippen LogP contribution >= 0.6 is 0 Å². The Balaban J connectivity index is 1.98. The summed E-state index contributed by atoms with van der Waals surface area (Å²) in [7, 11) is 2.58. The van der Waals surface area contributed by atoms with Crippen molar-refractivity contribution in [2.75, 3.05) is 19.6 Å². The monoisotopic (exact) mass is 435 g/mol. The summed E-state index contributed by atoms with van der Waals surface area (Å²) in [6.07, 6.45) is 1.67. The fraction of sp³-hybridized carbons (Fsp3) is 0.261. The first-order valence-electron chi connectivity index (χ1n) is 9.86. The molecule has 2 aromatic heterocycles. The van der Waals surface area contributed by atoms with Crippen LogP contribution in [0.5, 0.6) is 0 Å². The van der Waals surface area contributed by atoms with Crippen LogP contribution in [-0.4, -0.2) is 46.9 Å². The van der Waals surface area contributed by atoms with Gasteiger partial charge in [0, 0.05) is 34.0 Å². The van der Waals surface area contributed by atoms with Crippen LogP contribution in [0, 0.1) is 27.7 Å². The third-order valence-electron chi connectivity index (χ3n) is 4.84. The Labute approximate surface area is 186 Å². The molecule has 0 spiro atoms. The van der Waals surface area contributed by atoms with Gasteiger partial charge < -0.3 is 14.0 Å². The van der Waals surface area contributed by atoms with Crippen LogP contribution in [0.15, 0.2) is 35.4 Å². The number of carbonyl (C=O) groups excluding carboxylic acids is 2. The number of anilines is 1. The van der Waals surface area contributed by atoms with Gasteiger partial charge in [-0.05, 0) is 58.0 Å². The van der Waals surface area contributed by atoms with Gasteiger partial charge in [-0.25, -0.2) is 25.0 Å². The van der Waals surface area contributed by atoms with E-state index < -0.39 is 11.9 Å². The Morgan fingerprint density at radius 2 is 1.47 bits per heavy atom. The minimum Gasteiger partial charge on any atom is -0.465 e. The highest BCUT2D eigenvalue weighted by molar-refractivity contribution is 5.96. The van der Waals surface area contributed by atoms with E-state index in [-0.39, 0.29) is 11.1 Å². The van der Waals surface area contributed by atoms with Crippen molar-refractivity contribution >= 4 is 24.1 Å². The van der Waals surface area contributed by atoms with Gasteiger partial charge in [-0.2, -0.15) is 5.10 Å². The van der Waals surface area contributed by atoms with Crippen molar-refractivity contribution in [2.45, 2.75) is 27.7 Å². The van der Waals surface area contributed by atoms with E-state index in [1.807, 2.05) is 44.4 Å². The first kappa shape index (κ1) is 22.7. The molecule has 0 unspecified atom stereocenters. The topological polar surface area (TPSA) is 108 Å². The van der Waals surface area contributed by atoms with Gasteiger partial charge in [0.15, 0.2) is 0 Å². The zero-order chi connectivity index (χ0) is 23.4. The van der Waals surface area contributed by atoms with E-state index in [1.165, 1.54) is 20.3 Å². The number of nitrogens with zero attached hydrogens (tertiary/aromatic N) is 4. The van der Waals surface area contributed by atoms with Gasteiger partial charge in [-0.3, -0.25) is 0 Å². The maximum atomic E-state index is 12.1. The number of aromatic nitrogens is 3. The van der Waals surface area contributed by atoms with Crippen LogP contribution in [0.3, 0.4) is 0 Å². The van der Waals surface area contributed by atoms with E-state index >= 15 is 0 Å². The number of hydrogen-bond donors (Lipinski definition) is 1. The summed E-state index contributed by atoms with van der Waals surface area (Å²) in [5.74, 6) is -0.668. The second kappa shape index (κ2) is 9.42. The molecule has 2 heterocycles. The zero-order valence-corrected chi connectivity index (χ0v) is 18.9. The van der Waals surface area contributed by atoms with E-state index in [0.29, 0.717) is 11.6 Å². The normalized spacial score (nSPS) is 10.9. The Bertz CT molecular complexity index is 1160. The maximum absolute atomic E-state index is 12.1. The quantitative estimate of drug-likeness (QED) is 0.358. The lowest BCUT2D eigenvalue weighted by Crippen LogP contribution is -2.10. The third-order valence-corrected chi connectivity index (χ3v) is 4.84. The molecule has 0 bridgehead atoms. The Kier molecular flexibility index (Phi) is 6.67. The van der Waals surface area contributed by atoms with Gasteiger partial charge in [0.05, 0.1) is 31.6 Å². The summed E-state index contributed by atoms with van der Waals surface area (Å²) in [5, 5.41) is 4.26. The molecule has 0 aliphatic rings. The maximum Gasteiger partial charge on any atom is 0.337 e. The van der Waals surface area contributed by atoms with Gasteiger partial charge >= 0.3 is 11.9 Å². The zero-order valence-electron chi connectivity index (χ0n) is 18.9. The largest absolute Gasteiger partial charge is 0.465 e. The molecule has 9 nitrogen and oxygen atoms in total. The third kappa shape index (κ3) is 4.83. The van der Waals surface area contributed by atoms with Crippen molar-refractivity contribution < 1.29 is 19.1 Å². The van der Waals surface area contributed by atoms with Crippen LogP contribution in [0.25, 0.3) is 5.69 Å². The molecule has 32 heavy (non-hydrogen) atoms. The molecule has 1 N–H and O–H groups in total. The van der Waals surface area contributed by atoms with E-state index in [0.717, 1.165) is 28.3 Å². The molecule has 1 aromatic carbocycles. The van der Waals surface area contributed by atoms with Crippen molar-refractivity contribution in [3.05, 3.63) is 69.8 Å². The van der Waals surface area contributed by atoms with Gasteiger partial charge in [-0.1, -0.05) is 0 Å². The number of benzene rings is 1. The highest BCUT2D eigenvalue weighted by atomic mass is 16.5. The second-order valence-electron chi connectivity index (χ2n) is 7.26. The predicted molar refractivity (Wildman–Crippen MR) is 121 cm³/mol. The molecule has 0 aliphatic heterocycles. The SMILES string of the molecule is COC(=O)c1cc(C(=O)OC)cc(-n2c(C)cc(C=NNc3nc(C)cc(C)n3)c2C)c1. The van der Waals surface area contributed by atoms with Crippen LogP contribution in [0.1, 0.15) is 49.1 Å². The molecule has 0 amide bonds. The van der Waals surface area contributed by atoms with Gasteiger partial charge in [0.25, 0.3) is 0 Å². The van der Waals surface area contributed by atoms with Crippen LogP contribution in [0.2, 0.25) is 0 Å². The van der Waals surface area contributed by atoms with Crippen LogP contribution in [-0.2, 0) is 9.47 Å². The van der Waals surface area contributed by atoms with Gasteiger partial charge in [0.1, 0.15) is 0 Å². The highest BCUT2D eigenvalue weighted by Gasteiger charge is 2.17. The molecule has 0 saturated carbocycles. The number of rotatable bonds is 6. The fourth-order valence-electron chi connectivity index (χ4n) is 3.46. The Morgan fingerprint density at radius 3 is 2.00 bits per heavy atom. The van der Waals surface area contributed by atoms with Gasteiger partial charge in [-0.15, -0.1) is 0 Å². The lowest BCUT2D eigenvalue weighted by molar-refractivity contribution is 0.0599. The second-order valence-corrected chi connectivity index (χ2v) is 7.26. The van der Waals surface area contributed by atoms with Gasteiger partial charge in [0.2, 0.25) is 5.95 Å². The summed E-state index contributed by atoms with van der Waals surface area (Å²) in [5.41, 5.74) is 8.29. The smallest absolute Gasteiger partial charge is 0.337 e. The van der Waals surface area contributed by atoms with Crippen molar-refractivity contribution in [1.82, 2.24) is 14.5 Å². The molecule has 3 aromatic rings. The highest BCUT2D eigenvalue weighted by Crippen LogP contribution is 2.23. The van der Waals surface area contributed by atoms with E-state index in [9.17, 15) is 9.59 Å². The Hall–Kier alpha value is -4.01. The summed E-state index contributed by atoms with van der Waals surface area (Å²) in [4.78, 5) is 32.9. The minimum absolute atomic E-state index is 0.252. The molecule has 3 rings (SSSR count). The molecule has 0 saturated heterocycles. The Morgan fingerprint density at radius 1 is 0.906 bits per heavy atom. The number of hydrazone groups is 1. The molecule has 0 fully saturated rings. The molecule has 0 radical (unpaired) electrons. The average Bonchev–Trinajstić information content (AvgIpc) is 3.04. The van der Waals surface area contributed by atoms with Crippen molar-refractivity contribution in [2.24, 2.45) is 5.10 Å². The molecular formula is C23H25N5O4. The number of nitrogens with one attached hydrogen (secondary N) is 1. The lowest BCUT2D eigenvalue weighted by atomic mass is 10.1. The molecular weight excluding hydrogens is 410 g/mol. The molecule has 0 aliphatic carbocycles. The summed E-state index contributed by atoms with van der Waals surface area (Å²) < 4.78 is 11.6. The predicted octanol–water partition coefficient (Wildman–Crippen LogP) is 3.52. The number of hydrogen-bond acceptors (Lipinski definition) is 8. The lowest BCUT2D eigenvalue weighted by Gasteiger charge is -2.13. The average molecular weight is 435 g/mol. The van der Waals surface area contributed by atoms with Crippen molar-refractivity contribution in [3.63, 3.8) is 0 Å². The van der Waals surface area contributed by atoms with E-state index in [2.05, 4.69) is 20.5 Å². The summed E-state index contributed by atoms with van der Waals surface area (Å²) in [6, 6.07) is 8.62. The van der Waals surface area contributed by atoms with E-state index in [4.69, 9.17) is 9.47 Å². The van der Waals surface area contributed by atoms with E-state index in [1.54, 1.807) is 18.3 Å². The number of carbonyl (C=O) groups is 2. The molecule has 166 valence electrons. The summed E-state index contributed by atoms with van der Waals surface area (Å²) in [6.45, 7) is 7.63. The standard InChI is InChI=1S/C23H25N5O4/c1-13-7-14(2)26-23(25-13)27-24-12-19-8-15(3)28(16(19)4)20-10-17(21(29)31-5)9-18(11-20)22(30)32-6/h7-12H,1-6H3,(H,25,26,27). The van der Waals surface area contributed by atoms with Crippen molar-refractivity contribution in [3.8, 4) is 5.69 Å². The number of esters is 2. The molecule has 0 atom stereocenters. The fourth-order valence-corrected chi connectivity index (χ4v) is 3.46. The van der Waals surface area contributed by atoms with Crippen LogP contribution < -0.4 is 5.43 Å². The van der Waals surface area contributed by atoms with Crippen molar-refractivity contribution in [1.29, 1.82) is 0 Å². The molecule has 9 heteroatoms. The first-order chi connectivity index (χ1) is 15.2. The van der Waals surface area contributed by atoms with Crippen LogP contribution in [0.4, 0.5) is 5.95 Å². The number of ether oxygens (including phenoxy) is 2. The summed E-state index contributed by atoms with van der Waals surface area (Å²) >= 11 is 0. The minimum atomic E-state index is -0.543.